The minimum Gasteiger partial charge on any atom is -0.447 e. The lowest BCUT2D eigenvalue weighted by molar-refractivity contribution is -0.134. The molecule has 0 bridgehead atoms. The summed E-state index contributed by atoms with van der Waals surface area (Å²) in [6.45, 7) is 0.348. The molecule has 2 aliphatic heterocycles. The minimum absolute atomic E-state index is 0.108. The van der Waals surface area contributed by atoms with Crippen molar-refractivity contribution < 1.29 is 27.8 Å². The first-order chi connectivity index (χ1) is 19.6. The highest BCUT2D eigenvalue weighted by atomic mass is 35.5. The molecule has 1 amide bonds. The maximum Gasteiger partial charge on any atom is 0.427 e. The zero-order chi connectivity index (χ0) is 28.9. The van der Waals surface area contributed by atoms with Crippen LogP contribution >= 0.6 is 22.9 Å². The molecule has 2 saturated heterocycles. The molecule has 0 saturated carbocycles. The van der Waals surface area contributed by atoms with E-state index in [1.54, 1.807) is 35.2 Å². The second kappa shape index (κ2) is 10.6. The van der Waals surface area contributed by atoms with Crippen LogP contribution in [-0.4, -0.2) is 55.9 Å². The van der Waals surface area contributed by atoms with Gasteiger partial charge in [0.1, 0.15) is 28.9 Å². The number of amides is 1. The zero-order valence-electron chi connectivity index (χ0n) is 21.3. The highest BCUT2D eigenvalue weighted by Gasteiger charge is 2.38. The van der Waals surface area contributed by atoms with Crippen LogP contribution < -0.4 is 10.9 Å². The lowest BCUT2D eigenvalue weighted by atomic mass is 9.97. The molecule has 2 N–H and O–H groups in total. The van der Waals surface area contributed by atoms with Gasteiger partial charge in [-0.3, -0.25) is 9.36 Å². The average Bonchev–Trinajstić information content (AvgIpc) is 3.59. The first-order valence-corrected chi connectivity index (χ1v) is 14.0. The third kappa shape index (κ3) is 5.36. The Morgan fingerprint density at radius 2 is 1.98 bits per heavy atom. The Balaban J connectivity index is 1.44. The number of alkyl halides is 3. The number of ether oxygens (including phenoxy) is 1. The summed E-state index contributed by atoms with van der Waals surface area (Å²) in [7, 11) is 0. The molecule has 0 aliphatic carbocycles. The molecule has 14 heteroatoms. The number of carbonyl (C=O) groups excluding carboxylic acids is 1. The molecule has 9 nitrogen and oxygen atoms in total. The van der Waals surface area contributed by atoms with Crippen LogP contribution in [0.3, 0.4) is 0 Å². The van der Waals surface area contributed by atoms with Crippen molar-refractivity contribution >= 4 is 45.6 Å². The maximum atomic E-state index is 13.7. The number of hydrogen-bond donors (Lipinski definition) is 2. The normalized spacial score (nSPS) is 19.0. The number of benzene rings is 2. The molecule has 0 radical (unpaired) electrons. The molecule has 2 aromatic carbocycles. The molecular formula is C27H23ClF3N5O4S. The van der Waals surface area contributed by atoms with Crippen LogP contribution in [0.4, 0.5) is 23.7 Å². The number of anilines is 1. The lowest BCUT2D eigenvalue weighted by Crippen LogP contribution is -2.45. The fourth-order valence-electron chi connectivity index (χ4n) is 5.25. The fourth-order valence-corrected chi connectivity index (χ4v) is 6.19. The number of nitrogens with one attached hydrogen (secondary N) is 1. The number of thiazole rings is 1. The van der Waals surface area contributed by atoms with Crippen molar-refractivity contribution in [3.05, 3.63) is 74.2 Å². The number of nitrogens with zero attached hydrogens (tertiary/aromatic N) is 4. The summed E-state index contributed by atoms with van der Waals surface area (Å²) in [6, 6.07) is 9.78. The first kappa shape index (κ1) is 27.5. The van der Waals surface area contributed by atoms with Gasteiger partial charge in [0.05, 0.1) is 29.7 Å². The molecule has 6 rings (SSSR count). The van der Waals surface area contributed by atoms with Crippen molar-refractivity contribution in [3.8, 4) is 10.6 Å². The average molecular weight is 606 g/mol. The van der Waals surface area contributed by atoms with Gasteiger partial charge < -0.3 is 20.1 Å². The van der Waals surface area contributed by atoms with Crippen LogP contribution in [0.2, 0.25) is 5.02 Å². The van der Waals surface area contributed by atoms with Crippen molar-refractivity contribution in [1.29, 1.82) is 0 Å². The fraction of sp³-hybridized carbons (Fsp3) is 0.333. The Kier molecular flexibility index (Phi) is 7.12. The number of halogens is 4. The summed E-state index contributed by atoms with van der Waals surface area (Å²) in [5.74, 6) is 0.109. The maximum absolute atomic E-state index is 13.7. The molecule has 0 spiro atoms. The molecule has 2 aliphatic rings. The summed E-state index contributed by atoms with van der Waals surface area (Å²) in [4.78, 5) is 35.0. The Labute approximate surface area is 240 Å². The minimum atomic E-state index is -4.56. The number of rotatable bonds is 6. The third-order valence-corrected chi connectivity index (χ3v) is 8.62. The van der Waals surface area contributed by atoms with Gasteiger partial charge in [-0.1, -0.05) is 23.7 Å². The number of aliphatic hydroxyl groups excluding tert-OH is 1. The summed E-state index contributed by atoms with van der Waals surface area (Å²) in [5.41, 5.74) is 1.36. The van der Waals surface area contributed by atoms with E-state index in [0.717, 1.165) is 11.8 Å². The SMILES string of the molecule is O=C1OC[C@@H]2C[C@@H](Nc3cc4c(=O)n(Cc5ccc(Cl)cc5)c(CO)nc4cc3-c3ncc(C(F)(F)F)s3)CCN12. The molecule has 2 aromatic heterocycles. The second-order valence-electron chi connectivity index (χ2n) is 9.94. The van der Waals surface area contributed by atoms with Gasteiger partial charge in [-0.15, -0.1) is 11.3 Å². The Morgan fingerprint density at radius 3 is 2.68 bits per heavy atom. The number of carbonyl (C=O) groups is 1. The van der Waals surface area contributed by atoms with Crippen LogP contribution in [0.1, 0.15) is 29.1 Å². The van der Waals surface area contributed by atoms with E-state index >= 15 is 0 Å². The van der Waals surface area contributed by atoms with Gasteiger partial charge in [-0.25, -0.2) is 14.8 Å². The van der Waals surface area contributed by atoms with Crippen LogP contribution in [0.15, 0.2) is 47.4 Å². The van der Waals surface area contributed by atoms with Crippen molar-refractivity contribution in [1.82, 2.24) is 19.4 Å². The van der Waals surface area contributed by atoms with Crippen molar-refractivity contribution in [3.63, 3.8) is 0 Å². The van der Waals surface area contributed by atoms with E-state index in [0.29, 0.717) is 47.0 Å². The number of fused-ring (bicyclic) bond motifs is 2. The smallest absolute Gasteiger partial charge is 0.427 e. The van der Waals surface area contributed by atoms with E-state index in [-0.39, 0.29) is 53.1 Å². The molecule has 0 unspecified atom stereocenters. The number of piperidine rings is 1. The number of aromatic nitrogens is 3. The Hall–Kier alpha value is -3.68. The summed E-state index contributed by atoms with van der Waals surface area (Å²) >= 11 is 6.48. The van der Waals surface area contributed by atoms with E-state index in [9.17, 15) is 27.9 Å². The number of hydrogen-bond acceptors (Lipinski definition) is 8. The predicted molar refractivity (Wildman–Crippen MR) is 147 cm³/mol. The number of cyclic esters (lactones) is 1. The van der Waals surface area contributed by atoms with Gasteiger partial charge >= 0.3 is 12.3 Å². The third-order valence-electron chi connectivity index (χ3n) is 7.29. The number of aliphatic hydroxyl groups is 1. The first-order valence-electron chi connectivity index (χ1n) is 12.8. The lowest BCUT2D eigenvalue weighted by Gasteiger charge is -2.33. The van der Waals surface area contributed by atoms with Crippen LogP contribution in [-0.2, 0) is 24.1 Å². The monoisotopic (exact) mass is 605 g/mol. The van der Waals surface area contributed by atoms with Gasteiger partial charge in [0.15, 0.2) is 0 Å². The zero-order valence-corrected chi connectivity index (χ0v) is 22.9. The Bertz CT molecular complexity index is 1690. The molecule has 2 fully saturated rings. The van der Waals surface area contributed by atoms with E-state index in [4.69, 9.17) is 16.3 Å². The van der Waals surface area contributed by atoms with Crippen molar-refractivity contribution in [2.45, 2.75) is 44.3 Å². The van der Waals surface area contributed by atoms with Crippen LogP contribution in [0, 0.1) is 0 Å². The predicted octanol–water partition coefficient (Wildman–Crippen LogP) is 5.13. The molecule has 4 heterocycles. The van der Waals surface area contributed by atoms with Crippen molar-refractivity contribution in [2.24, 2.45) is 0 Å². The summed E-state index contributed by atoms with van der Waals surface area (Å²) in [5, 5.41) is 14.3. The molecule has 4 aromatic rings. The molecule has 214 valence electrons. The van der Waals surface area contributed by atoms with Crippen molar-refractivity contribution in [2.75, 3.05) is 18.5 Å². The quantitative estimate of drug-likeness (QED) is 0.314. The van der Waals surface area contributed by atoms with Crippen LogP contribution in [0.5, 0.6) is 0 Å². The summed E-state index contributed by atoms with van der Waals surface area (Å²) < 4.78 is 46.8. The van der Waals surface area contributed by atoms with Gasteiger partial charge in [0, 0.05) is 28.9 Å². The van der Waals surface area contributed by atoms with E-state index < -0.39 is 23.2 Å². The Morgan fingerprint density at radius 1 is 1.20 bits per heavy atom. The molecular weight excluding hydrogens is 583 g/mol. The van der Waals surface area contributed by atoms with Gasteiger partial charge in [-0.2, -0.15) is 13.2 Å². The largest absolute Gasteiger partial charge is 0.447 e. The van der Waals surface area contributed by atoms with Gasteiger partial charge in [0.25, 0.3) is 5.56 Å². The van der Waals surface area contributed by atoms with Gasteiger partial charge in [0.2, 0.25) is 0 Å². The second-order valence-corrected chi connectivity index (χ2v) is 11.4. The standard InChI is InChI=1S/C27H23ClF3N5O4S/c28-15-3-1-14(2-4-15)11-36-23(12-37)34-21-8-18(24-32-10-22(41-24)27(29,30)31)20(9-19(21)25(36)38)33-16-5-6-35-17(7-16)13-40-26(35)39/h1-4,8-10,16-17,33,37H,5-7,11-13H2/t16-,17-/m0/s1. The summed E-state index contributed by atoms with van der Waals surface area (Å²) in [6.07, 6.45) is -2.98. The molecule has 41 heavy (non-hydrogen) atoms. The van der Waals surface area contributed by atoms with Crippen LogP contribution in [0.25, 0.3) is 21.5 Å². The highest BCUT2D eigenvalue weighted by molar-refractivity contribution is 7.15. The van der Waals surface area contributed by atoms with E-state index in [1.165, 1.54) is 10.6 Å². The topological polar surface area (TPSA) is 110 Å². The van der Waals surface area contributed by atoms with E-state index in [2.05, 4.69) is 15.3 Å². The molecule has 2 atom stereocenters. The van der Waals surface area contributed by atoms with Gasteiger partial charge in [-0.05, 0) is 42.7 Å². The highest BCUT2D eigenvalue weighted by Crippen LogP contribution is 2.40. The van der Waals surface area contributed by atoms with E-state index in [1.807, 2.05) is 0 Å².